The van der Waals surface area contributed by atoms with Gasteiger partial charge < -0.3 is 44.6 Å². The minimum Gasteiger partial charge on any atom is -0.497 e. The first-order valence-corrected chi connectivity index (χ1v) is 21.2. The number of aromatic amines is 2. The van der Waals surface area contributed by atoms with Gasteiger partial charge in [0.15, 0.2) is 0 Å². The number of benzene rings is 4. The summed E-state index contributed by atoms with van der Waals surface area (Å²) >= 11 is 0. The standard InChI is InChI=1S/C48H52N8O7/c1-28(2)41(53-47(59)62-4)45(57)55-22-6-8-39(55)44-50-27-38(52-44)35-17-16-33-24-32(14-15-34(33)25-35)29-10-12-30(13-11-29)37-26-49-43(51-37)40-9-7-23-56(40)46(58)42(54-48(60)63-5)31-18-20-36(61-3)21-19-31/h10-21,24-28,39-42H,6-9,22-23H2,1-5H3,(H,49,51)(H,50,52)(H,53,59)(H,54,60)/t39-,40-,41-,42+/m0/s1. The molecule has 2 aliphatic rings. The van der Waals surface area contributed by atoms with Crippen molar-refractivity contribution in [1.82, 2.24) is 40.4 Å². The first kappa shape index (κ1) is 42.5. The first-order chi connectivity index (χ1) is 30.5. The Bertz CT molecular complexity index is 2600. The van der Waals surface area contributed by atoms with E-state index in [0.29, 0.717) is 30.2 Å². The number of nitrogens with zero attached hydrogens (tertiary/aromatic N) is 4. The van der Waals surface area contributed by atoms with Crippen molar-refractivity contribution < 1.29 is 33.4 Å². The second-order valence-corrected chi connectivity index (χ2v) is 16.3. The van der Waals surface area contributed by atoms with E-state index in [1.165, 1.54) is 14.2 Å². The highest BCUT2D eigenvalue weighted by molar-refractivity contribution is 5.91. The third kappa shape index (κ3) is 8.94. The summed E-state index contributed by atoms with van der Waals surface area (Å²) in [6, 6.07) is 25.9. The van der Waals surface area contributed by atoms with Crippen LogP contribution in [-0.2, 0) is 19.1 Å². The van der Waals surface area contributed by atoms with Crippen LogP contribution in [0.2, 0.25) is 0 Å². The zero-order valence-electron chi connectivity index (χ0n) is 36.0. The lowest BCUT2D eigenvalue weighted by molar-refractivity contribution is -0.135. The molecule has 2 fully saturated rings. The number of imidazole rings is 2. The van der Waals surface area contributed by atoms with Gasteiger partial charge in [-0.3, -0.25) is 9.59 Å². The summed E-state index contributed by atoms with van der Waals surface area (Å²) in [5.41, 5.74) is 6.41. The van der Waals surface area contributed by atoms with Crippen LogP contribution in [0, 0.1) is 5.92 Å². The van der Waals surface area contributed by atoms with Crippen LogP contribution in [0.15, 0.2) is 97.3 Å². The summed E-state index contributed by atoms with van der Waals surface area (Å²) in [6.45, 7) is 4.92. The van der Waals surface area contributed by atoms with E-state index < -0.39 is 24.3 Å². The topological polar surface area (TPSA) is 184 Å². The van der Waals surface area contributed by atoms with Crippen molar-refractivity contribution in [1.29, 1.82) is 0 Å². The molecule has 326 valence electrons. The fraction of sp³-hybridized carbons (Fsp3) is 0.333. The fourth-order valence-electron chi connectivity index (χ4n) is 8.67. The summed E-state index contributed by atoms with van der Waals surface area (Å²) in [5, 5.41) is 7.59. The van der Waals surface area contributed by atoms with Crippen molar-refractivity contribution in [2.45, 2.75) is 63.7 Å². The molecule has 2 saturated heterocycles. The van der Waals surface area contributed by atoms with Crippen LogP contribution >= 0.6 is 0 Å². The normalized spacial score (nSPS) is 17.1. The number of methoxy groups -OCH3 is 3. The van der Waals surface area contributed by atoms with Crippen LogP contribution in [0.4, 0.5) is 9.59 Å². The number of fused-ring (bicyclic) bond motifs is 1. The van der Waals surface area contributed by atoms with Crippen LogP contribution in [-0.4, -0.2) is 94.2 Å². The molecular weight excluding hydrogens is 801 g/mol. The van der Waals surface area contributed by atoms with Gasteiger partial charge in [0.05, 0.1) is 57.2 Å². The van der Waals surface area contributed by atoms with Crippen LogP contribution in [0.25, 0.3) is 44.4 Å². The van der Waals surface area contributed by atoms with Gasteiger partial charge in [-0.15, -0.1) is 0 Å². The number of amides is 4. The Hall–Kier alpha value is -7.16. The number of carbonyl (C=O) groups is 4. The molecule has 8 rings (SSSR count). The molecule has 2 aromatic heterocycles. The lowest BCUT2D eigenvalue weighted by atomic mass is 9.98. The predicted molar refractivity (Wildman–Crippen MR) is 237 cm³/mol. The summed E-state index contributed by atoms with van der Waals surface area (Å²) in [5.74, 6) is 1.56. The van der Waals surface area contributed by atoms with Crippen molar-refractivity contribution in [2.24, 2.45) is 5.92 Å². The molecule has 4 atom stereocenters. The number of aromatic nitrogens is 4. The first-order valence-electron chi connectivity index (χ1n) is 21.2. The maximum Gasteiger partial charge on any atom is 0.407 e. The minimum atomic E-state index is -0.941. The monoisotopic (exact) mass is 852 g/mol. The van der Waals surface area contributed by atoms with E-state index in [0.717, 1.165) is 75.9 Å². The zero-order valence-corrected chi connectivity index (χ0v) is 36.0. The Balaban J connectivity index is 0.941. The molecule has 0 spiro atoms. The maximum atomic E-state index is 14.0. The van der Waals surface area contributed by atoms with Crippen LogP contribution in [0.1, 0.15) is 74.9 Å². The average Bonchev–Trinajstić information content (AvgIpc) is 4.17. The number of alkyl carbamates (subject to hydrolysis) is 2. The van der Waals surface area contributed by atoms with Gasteiger partial charge in [-0.2, -0.15) is 0 Å². The van der Waals surface area contributed by atoms with Gasteiger partial charge in [0, 0.05) is 18.7 Å². The lowest BCUT2D eigenvalue weighted by Crippen LogP contribution is -2.51. The highest BCUT2D eigenvalue weighted by Crippen LogP contribution is 2.36. The summed E-state index contributed by atoms with van der Waals surface area (Å²) < 4.78 is 14.9. The molecule has 63 heavy (non-hydrogen) atoms. The molecule has 4 N–H and O–H groups in total. The number of H-pyrrole nitrogens is 2. The van der Waals surface area contributed by atoms with E-state index in [2.05, 4.69) is 81.3 Å². The van der Waals surface area contributed by atoms with Crippen molar-refractivity contribution in [3.8, 4) is 39.4 Å². The molecule has 0 bridgehead atoms. The molecule has 0 unspecified atom stereocenters. The number of rotatable bonds is 12. The average molecular weight is 853 g/mol. The van der Waals surface area contributed by atoms with Crippen molar-refractivity contribution in [2.75, 3.05) is 34.4 Å². The second-order valence-electron chi connectivity index (χ2n) is 16.3. The number of hydrogen-bond acceptors (Lipinski definition) is 9. The van der Waals surface area contributed by atoms with E-state index in [4.69, 9.17) is 24.2 Å². The third-order valence-corrected chi connectivity index (χ3v) is 12.1. The third-order valence-electron chi connectivity index (χ3n) is 12.1. The van der Waals surface area contributed by atoms with E-state index in [9.17, 15) is 19.2 Å². The smallest absolute Gasteiger partial charge is 0.407 e. The van der Waals surface area contributed by atoms with Gasteiger partial charge in [0.2, 0.25) is 5.91 Å². The van der Waals surface area contributed by atoms with Gasteiger partial charge in [-0.25, -0.2) is 19.6 Å². The molecule has 0 radical (unpaired) electrons. The predicted octanol–water partition coefficient (Wildman–Crippen LogP) is 8.10. The SMILES string of the molecule is COC(=O)N[C@H](C(=O)N1CCC[C@H]1c1ncc(-c2ccc3cc(-c4ccc(-c5cnc([C@@H]6CCCN6C(=O)[C@H](NC(=O)OC)c6ccc(OC)cc6)[nH]5)cc4)ccc3c2)[nH]1)C(C)C. The van der Waals surface area contributed by atoms with E-state index in [1.807, 2.05) is 24.9 Å². The van der Waals surface area contributed by atoms with Gasteiger partial charge in [0.25, 0.3) is 5.91 Å². The molecule has 4 aromatic carbocycles. The van der Waals surface area contributed by atoms with Gasteiger partial charge >= 0.3 is 12.2 Å². The van der Waals surface area contributed by atoms with E-state index in [1.54, 1.807) is 42.5 Å². The fourth-order valence-corrected chi connectivity index (χ4v) is 8.67. The lowest BCUT2D eigenvalue weighted by Gasteiger charge is -2.30. The number of nitrogens with one attached hydrogen (secondary N) is 4. The molecule has 15 heteroatoms. The van der Waals surface area contributed by atoms with Crippen LogP contribution in [0.5, 0.6) is 5.75 Å². The number of likely N-dealkylation sites (tertiary alicyclic amines) is 2. The van der Waals surface area contributed by atoms with Gasteiger partial charge in [0.1, 0.15) is 29.5 Å². The van der Waals surface area contributed by atoms with Gasteiger partial charge in [-0.05, 0) is 88.9 Å². The van der Waals surface area contributed by atoms with Crippen molar-refractivity contribution >= 4 is 34.8 Å². The Morgan fingerprint density at radius 3 is 1.71 bits per heavy atom. The Labute approximate surface area is 365 Å². The summed E-state index contributed by atoms with van der Waals surface area (Å²) in [6.07, 6.45) is 5.44. The Morgan fingerprint density at radius 2 is 1.14 bits per heavy atom. The quantitative estimate of drug-likeness (QED) is 0.0945. The van der Waals surface area contributed by atoms with Crippen LogP contribution in [0.3, 0.4) is 0 Å². The largest absolute Gasteiger partial charge is 0.497 e. The molecule has 0 saturated carbocycles. The second kappa shape index (κ2) is 18.4. The molecule has 6 aromatic rings. The molecule has 4 amide bonds. The molecule has 0 aliphatic carbocycles. The zero-order chi connectivity index (χ0) is 44.2. The number of hydrogen-bond donors (Lipinski definition) is 4. The Kier molecular flexibility index (Phi) is 12.4. The van der Waals surface area contributed by atoms with Crippen molar-refractivity contribution in [3.05, 3.63) is 115 Å². The minimum absolute atomic E-state index is 0.111. The highest BCUT2D eigenvalue weighted by Gasteiger charge is 2.39. The highest BCUT2D eigenvalue weighted by atomic mass is 16.5. The van der Waals surface area contributed by atoms with Crippen molar-refractivity contribution in [3.63, 3.8) is 0 Å². The molecule has 4 heterocycles. The summed E-state index contributed by atoms with van der Waals surface area (Å²) in [4.78, 5) is 71.9. The summed E-state index contributed by atoms with van der Waals surface area (Å²) in [7, 11) is 4.13. The van der Waals surface area contributed by atoms with E-state index >= 15 is 0 Å². The number of carbonyl (C=O) groups excluding carboxylic acids is 4. The number of ether oxygens (including phenoxy) is 3. The van der Waals surface area contributed by atoms with Gasteiger partial charge in [-0.1, -0.05) is 74.5 Å². The van der Waals surface area contributed by atoms with Crippen LogP contribution < -0.4 is 15.4 Å². The molecule has 15 nitrogen and oxygen atoms in total. The van der Waals surface area contributed by atoms with E-state index in [-0.39, 0.29) is 29.8 Å². The molecule has 2 aliphatic heterocycles. The maximum absolute atomic E-state index is 14.0. The Morgan fingerprint density at radius 1 is 0.635 bits per heavy atom. The molecular formula is C48H52N8O7.